The van der Waals surface area contributed by atoms with Crippen LogP contribution in [-0.4, -0.2) is 13.1 Å². The van der Waals surface area contributed by atoms with Gasteiger partial charge in [0.25, 0.3) is 0 Å². The molecule has 3 nitrogen and oxygen atoms in total. The van der Waals surface area contributed by atoms with Gasteiger partial charge in [0.1, 0.15) is 11.4 Å². The average Bonchev–Trinajstić information content (AvgIpc) is 2.15. The molecule has 0 aliphatic heterocycles. The molecule has 0 amide bonds. The van der Waals surface area contributed by atoms with Gasteiger partial charge in [0.2, 0.25) is 0 Å². The molecule has 0 fully saturated rings. The fraction of sp³-hybridized carbons (Fsp3) is 0.300. The van der Waals surface area contributed by atoms with E-state index in [9.17, 15) is 9.18 Å². The molecule has 0 heterocycles. The van der Waals surface area contributed by atoms with Gasteiger partial charge in [-0.15, -0.1) is 0 Å². The van der Waals surface area contributed by atoms with Gasteiger partial charge in [-0.25, -0.2) is 9.18 Å². The number of esters is 1. The number of carbonyl (C=O) groups is 1. The van der Waals surface area contributed by atoms with Crippen LogP contribution in [0.5, 0.6) is 0 Å². The van der Waals surface area contributed by atoms with E-state index in [2.05, 4.69) is 4.74 Å². The zero-order valence-electron chi connectivity index (χ0n) is 8.38. The SMILES string of the molecule is COC(=O)C(C)(N)c1c(F)cccc1Cl. The van der Waals surface area contributed by atoms with Crippen LogP contribution >= 0.6 is 11.6 Å². The number of rotatable bonds is 2. The highest BCUT2D eigenvalue weighted by atomic mass is 35.5. The molecule has 5 heteroatoms. The van der Waals surface area contributed by atoms with Crippen LogP contribution in [0.4, 0.5) is 4.39 Å². The second-order valence-electron chi connectivity index (χ2n) is 3.29. The quantitative estimate of drug-likeness (QED) is 0.790. The van der Waals surface area contributed by atoms with Crippen molar-refractivity contribution in [2.75, 3.05) is 7.11 Å². The van der Waals surface area contributed by atoms with Crippen molar-refractivity contribution in [3.8, 4) is 0 Å². The van der Waals surface area contributed by atoms with Gasteiger partial charge in [0, 0.05) is 10.6 Å². The maximum atomic E-state index is 13.5. The Morgan fingerprint density at radius 3 is 2.67 bits per heavy atom. The lowest BCUT2D eigenvalue weighted by atomic mass is 9.93. The van der Waals surface area contributed by atoms with E-state index >= 15 is 0 Å². The van der Waals surface area contributed by atoms with Crippen molar-refractivity contribution >= 4 is 17.6 Å². The summed E-state index contributed by atoms with van der Waals surface area (Å²) in [7, 11) is 1.18. The molecule has 1 aromatic rings. The zero-order valence-corrected chi connectivity index (χ0v) is 9.14. The predicted molar refractivity (Wildman–Crippen MR) is 55.0 cm³/mol. The summed E-state index contributed by atoms with van der Waals surface area (Å²) < 4.78 is 18.0. The molecular weight excluding hydrogens is 221 g/mol. The molecule has 0 aliphatic rings. The highest BCUT2D eigenvalue weighted by Crippen LogP contribution is 2.29. The molecule has 2 N–H and O–H groups in total. The summed E-state index contributed by atoms with van der Waals surface area (Å²) >= 11 is 5.79. The number of benzene rings is 1. The fourth-order valence-electron chi connectivity index (χ4n) is 1.31. The van der Waals surface area contributed by atoms with Crippen LogP contribution < -0.4 is 5.73 Å². The lowest BCUT2D eigenvalue weighted by Crippen LogP contribution is -2.43. The lowest BCUT2D eigenvalue weighted by Gasteiger charge is -2.23. The molecule has 1 aromatic carbocycles. The molecular formula is C10H11ClFNO2. The van der Waals surface area contributed by atoms with Gasteiger partial charge in [-0.1, -0.05) is 17.7 Å². The van der Waals surface area contributed by atoms with Crippen molar-refractivity contribution in [1.29, 1.82) is 0 Å². The summed E-state index contributed by atoms with van der Waals surface area (Å²) in [6.07, 6.45) is 0. The molecule has 0 spiro atoms. The number of hydrogen-bond acceptors (Lipinski definition) is 3. The van der Waals surface area contributed by atoms with Crippen molar-refractivity contribution in [1.82, 2.24) is 0 Å². The van der Waals surface area contributed by atoms with Crippen LogP contribution in [0.3, 0.4) is 0 Å². The maximum absolute atomic E-state index is 13.5. The first-order chi connectivity index (χ1) is 6.91. The molecule has 1 atom stereocenters. The topological polar surface area (TPSA) is 52.3 Å². The Hall–Kier alpha value is -1.13. The van der Waals surface area contributed by atoms with Crippen LogP contribution in [0.25, 0.3) is 0 Å². The van der Waals surface area contributed by atoms with Crippen LogP contribution in [0.15, 0.2) is 18.2 Å². The highest BCUT2D eigenvalue weighted by Gasteiger charge is 2.36. The van der Waals surface area contributed by atoms with E-state index in [1.54, 1.807) is 0 Å². The van der Waals surface area contributed by atoms with Gasteiger partial charge in [0.15, 0.2) is 0 Å². The molecule has 82 valence electrons. The third-order valence-corrected chi connectivity index (χ3v) is 2.41. The van der Waals surface area contributed by atoms with Crippen LogP contribution in [0, 0.1) is 5.82 Å². The number of halogens is 2. The normalized spacial score (nSPS) is 14.5. The number of carbonyl (C=O) groups excluding carboxylic acids is 1. The summed E-state index contributed by atoms with van der Waals surface area (Å²) in [4.78, 5) is 11.4. The standard InChI is InChI=1S/C10H11ClFNO2/c1-10(13,9(14)15-2)8-6(11)4-3-5-7(8)12/h3-5H,13H2,1-2H3. The van der Waals surface area contributed by atoms with Crippen molar-refractivity contribution < 1.29 is 13.9 Å². The molecule has 0 saturated heterocycles. The second kappa shape index (κ2) is 4.16. The summed E-state index contributed by atoms with van der Waals surface area (Å²) in [6.45, 7) is 1.35. The molecule has 1 unspecified atom stereocenters. The van der Waals surface area contributed by atoms with E-state index in [0.717, 1.165) is 0 Å². The van der Waals surface area contributed by atoms with Gasteiger partial charge in [-0.3, -0.25) is 0 Å². The summed E-state index contributed by atoms with van der Waals surface area (Å²) in [5.41, 5.74) is 4.05. The third-order valence-electron chi connectivity index (χ3n) is 2.09. The molecule has 0 saturated carbocycles. The first-order valence-electron chi connectivity index (χ1n) is 4.23. The number of methoxy groups -OCH3 is 1. The minimum Gasteiger partial charge on any atom is -0.467 e. The zero-order chi connectivity index (χ0) is 11.6. The first kappa shape index (κ1) is 11.9. The first-order valence-corrected chi connectivity index (χ1v) is 4.61. The van der Waals surface area contributed by atoms with E-state index in [4.69, 9.17) is 17.3 Å². The number of nitrogens with two attached hydrogens (primary N) is 1. The Balaban J connectivity index is 3.32. The number of hydrogen-bond donors (Lipinski definition) is 1. The Morgan fingerprint density at radius 1 is 1.60 bits per heavy atom. The van der Waals surface area contributed by atoms with Gasteiger partial charge in [-0.05, 0) is 19.1 Å². The van der Waals surface area contributed by atoms with Crippen LogP contribution in [-0.2, 0) is 15.1 Å². The highest BCUT2D eigenvalue weighted by molar-refractivity contribution is 6.31. The Labute approximate surface area is 92.0 Å². The average molecular weight is 232 g/mol. The van der Waals surface area contributed by atoms with Crippen molar-refractivity contribution in [3.05, 3.63) is 34.6 Å². The number of ether oxygens (including phenoxy) is 1. The van der Waals surface area contributed by atoms with E-state index in [-0.39, 0.29) is 10.6 Å². The molecule has 0 bridgehead atoms. The van der Waals surface area contributed by atoms with Crippen molar-refractivity contribution in [3.63, 3.8) is 0 Å². The van der Waals surface area contributed by atoms with Crippen LogP contribution in [0.2, 0.25) is 5.02 Å². The minimum atomic E-state index is -1.59. The molecule has 0 aliphatic carbocycles. The predicted octanol–water partition coefficient (Wildman–Crippen LogP) is 1.83. The molecule has 15 heavy (non-hydrogen) atoms. The lowest BCUT2D eigenvalue weighted by molar-refractivity contribution is -0.146. The fourth-order valence-corrected chi connectivity index (χ4v) is 1.67. The van der Waals surface area contributed by atoms with Gasteiger partial charge in [0.05, 0.1) is 7.11 Å². The smallest absolute Gasteiger partial charge is 0.330 e. The summed E-state index contributed by atoms with van der Waals surface area (Å²) in [6, 6.07) is 4.10. The third kappa shape index (κ3) is 2.11. The van der Waals surface area contributed by atoms with Gasteiger partial charge >= 0.3 is 5.97 Å². The summed E-state index contributed by atoms with van der Waals surface area (Å²) in [5.74, 6) is -1.37. The van der Waals surface area contributed by atoms with Gasteiger partial charge in [-0.2, -0.15) is 0 Å². The molecule has 1 rings (SSSR count). The van der Waals surface area contributed by atoms with Crippen molar-refractivity contribution in [2.24, 2.45) is 5.73 Å². The van der Waals surface area contributed by atoms with E-state index in [1.807, 2.05) is 0 Å². The Kier molecular flexibility index (Phi) is 3.31. The van der Waals surface area contributed by atoms with Crippen molar-refractivity contribution in [2.45, 2.75) is 12.5 Å². The van der Waals surface area contributed by atoms with E-state index in [0.29, 0.717) is 0 Å². The Bertz CT molecular complexity index is 373. The van der Waals surface area contributed by atoms with Gasteiger partial charge < -0.3 is 10.5 Å². The molecule has 0 radical (unpaired) electrons. The van der Waals surface area contributed by atoms with E-state index < -0.39 is 17.3 Å². The largest absolute Gasteiger partial charge is 0.467 e. The second-order valence-corrected chi connectivity index (χ2v) is 3.70. The monoisotopic (exact) mass is 231 g/mol. The molecule has 0 aromatic heterocycles. The minimum absolute atomic E-state index is 0.0569. The van der Waals surface area contributed by atoms with E-state index in [1.165, 1.54) is 32.2 Å². The summed E-state index contributed by atoms with van der Waals surface area (Å²) in [5, 5.41) is 0.102. The van der Waals surface area contributed by atoms with Crippen LogP contribution in [0.1, 0.15) is 12.5 Å². The Morgan fingerprint density at radius 2 is 2.20 bits per heavy atom. The maximum Gasteiger partial charge on any atom is 0.330 e.